The molecule has 9 heteroatoms. The molecule has 0 atom stereocenters. The van der Waals surface area contributed by atoms with Crippen LogP contribution in [0.25, 0.3) is 0 Å². The van der Waals surface area contributed by atoms with Crippen molar-refractivity contribution >= 4 is 33.2 Å². The molecule has 0 aliphatic carbocycles. The van der Waals surface area contributed by atoms with Crippen LogP contribution in [0.15, 0.2) is 18.2 Å². The van der Waals surface area contributed by atoms with Crippen LogP contribution in [0.2, 0.25) is 0 Å². The molecular weight excluding hydrogens is 344 g/mol. The van der Waals surface area contributed by atoms with Crippen molar-refractivity contribution in [2.75, 3.05) is 49.6 Å². The van der Waals surface area contributed by atoms with E-state index in [1.807, 2.05) is 14.1 Å². The summed E-state index contributed by atoms with van der Waals surface area (Å²) in [7, 11) is 0.521. The number of anilines is 2. The lowest BCUT2D eigenvalue weighted by atomic mass is 10.0. The van der Waals surface area contributed by atoms with Gasteiger partial charge in [0.2, 0.25) is 10.0 Å². The molecule has 1 aliphatic heterocycles. The van der Waals surface area contributed by atoms with Crippen molar-refractivity contribution in [2.45, 2.75) is 12.8 Å². The molecule has 2 rings (SSSR count). The minimum absolute atomic E-state index is 0.396. The number of fused-ring (bicyclic) bond motifs is 1. The highest BCUT2D eigenvalue weighted by Crippen LogP contribution is 2.31. The average Bonchev–Trinajstić information content (AvgIpc) is 2.52. The SMILES string of the molecule is C[NH+](C)CCNC(=O)C(=O)Nc1ccc2c(c1)N(S(C)(=O)=O)CCC2. The lowest BCUT2D eigenvalue weighted by Crippen LogP contribution is -3.06. The van der Waals surface area contributed by atoms with Gasteiger partial charge in [-0.2, -0.15) is 0 Å². The molecule has 138 valence electrons. The van der Waals surface area contributed by atoms with E-state index >= 15 is 0 Å². The Labute approximate surface area is 148 Å². The topological polar surface area (TPSA) is 100 Å². The van der Waals surface area contributed by atoms with Gasteiger partial charge in [0.05, 0.1) is 39.1 Å². The number of aryl methyl sites for hydroxylation is 1. The first kappa shape index (κ1) is 19.2. The second kappa shape index (κ2) is 7.83. The van der Waals surface area contributed by atoms with Crippen LogP contribution in [0.4, 0.5) is 11.4 Å². The number of sulfonamides is 1. The first-order valence-corrected chi connectivity index (χ1v) is 10.0. The standard InChI is InChI=1S/C16H24N4O4S/c1-19(2)10-8-17-15(21)16(22)18-13-7-6-12-5-4-9-20(14(12)11-13)25(3,23)24/h6-7,11H,4-5,8-10H2,1-3H3,(H,17,21)(H,18,22)/p+1. The number of quaternary nitrogens is 1. The molecule has 2 amide bonds. The maximum Gasteiger partial charge on any atom is 0.313 e. The molecule has 0 aromatic heterocycles. The van der Waals surface area contributed by atoms with Crippen molar-refractivity contribution in [3.8, 4) is 0 Å². The zero-order chi connectivity index (χ0) is 18.6. The van der Waals surface area contributed by atoms with Crippen molar-refractivity contribution < 1.29 is 22.9 Å². The van der Waals surface area contributed by atoms with Gasteiger partial charge < -0.3 is 15.5 Å². The molecule has 0 saturated carbocycles. The van der Waals surface area contributed by atoms with E-state index in [2.05, 4.69) is 10.6 Å². The molecule has 0 saturated heterocycles. The highest BCUT2D eigenvalue weighted by molar-refractivity contribution is 7.92. The van der Waals surface area contributed by atoms with E-state index in [-0.39, 0.29) is 0 Å². The van der Waals surface area contributed by atoms with Gasteiger partial charge in [-0.25, -0.2) is 8.42 Å². The second-order valence-electron chi connectivity index (χ2n) is 6.45. The number of likely N-dealkylation sites (N-methyl/N-ethyl adjacent to an activating group) is 1. The van der Waals surface area contributed by atoms with Crippen molar-refractivity contribution in [3.05, 3.63) is 23.8 Å². The third kappa shape index (κ3) is 5.17. The van der Waals surface area contributed by atoms with E-state index in [1.165, 1.54) is 4.31 Å². The lowest BCUT2D eigenvalue weighted by molar-refractivity contribution is -0.856. The Balaban J connectivity index is 2.09. The minimum Gasteiger partial charge on any atom is -0.342 e. The molecule has 0 radical (unpaired) electrons. The number of carbonyl (C=O) groups is 2. The number of nitrogens with one attached hydrogen (secondary N) is 3. The number of rotatable bonds is 5. The summed E-state index contributed by atoms with van der Waals surface area (Å²) in [6.07, 6.45) is 2.69. The number of nitrogens with zero attached hydrogens (tertiary/aromatic N) is 1. The summed E-state index contributed by atoms with van der Waals surface area (Å²) in [5, 5.41) is 5.07. The fourth-order valence-electron chi connectivity index (χ4n) is 2.66. The Morgan fingerprint density at radius 2 is 1.96 bits per heavy atom. The summed E-state index contributed by atoms with van der Waals surface area (Å²) < 4.78 is 25.2. The summed E-state index contributed by atoms with van der Waals surface area (Å²) >= 11 is 0. The van der Waals surface area contributed by atoms with Crippen LogP contribution in [-0.4, -0.2) is 60.2 Å². The normalized spacial score (nSPS) is 14.2. The molecule has 0 bridgehead atoms. The monoisotopic (exact) mass is 369 g/mol. The highest BCUT2D eigenvalue weighted by Gasteiger charge is 2.24. The van der Waals surface area contributed by atoms with Crippen LogP contribution in [0.1, 0.15) is 12.0 Å². The number of hydrogen-bond acceptors (Lipinski definition) is 4. The van der Waals surface area contributed by atoms with E-state index < -0.39 is 21.8 Å². The van der Waals surface area contributed by atoms with Crippen LogP contribution in [0, 0.1) is 0 Å². The van der Waals surface area contributed by atoms with E-state index in [4.69, 9.17) is 0 Å². The number of hydrogen-bond donors (Lipinski definition) is 3. The van der Waals surface area contributed by atoms with Crippen LogP contribution < -0.4 is 19.8 Å². The van der Waals surface area contributed by atoms with Crippen molar-refractivity contribution in [1.29, 1.82) is 0 Å². The van der Waals surface area contributed by atoms with Crippen molar-refractivity contribution in [2.24, 2.45) is 0 Å². The number of carbonyl (C=O) groups excluding carboxylic acids is 2. The maximum absolute atomic E-state index is 12.0. The molecule has 1 aromatic carbocycles. The summed E-state index contributed by atoms with van der Waals surface area (Å²) in [4.78, 5) is 24.9. The Morgan fingerprint density at radius 1 is 1.24 bits per heavy atom. The Morgan fingerprint density at radius 3 is 2.60 bits per heavy atom. The fraction of sp³-hybridized carbons (Fsp3) is 0.500. The molecule has 1 heterocycles. The van der Waals surface area contributed by atoms with Gasteiger partial charge in [-0.1, -0.05) is 6.07 Å². The Hall–Kier alpha value is -2.13. The van der Waals surface area contributed by atoms with E-state index in [1.54, 1.807) is 18.2 Å². The van der Waals surface area contributed by atoms with Crippen molar-refractivity contribution in [1.82, 2.24) is 5.32 Å². The van der Waals surface area contributed by atoms with Crippen molar-refractivity contribution in [3.63, 3.8) is 0 Å². The van der Waals surface area contributed by atoms with Gasteiger partial charge in [-0.3, -0.25) is 13.9 Å². The summed E-state index contributed by atoms with van der Waals surface area (Å²) in [6.45, 7) is 1.53. The zero-order valence-corrected chi connectivity index (χ0v) is 15.6. The number of amides is 2. The average molecular weight is 369 g/mol. The second-order valence-corrected chi connectivity index (χ2v) is 8.36. The first-order chi connectivity index (χ1) is 11.7. The molecule has 8 nitrogen and oxygen atoms in total. The van der Waals surface area contributed by atoms with Crippen LogP contribution in [0.3, 0.4) is 0 Å². The minimum atomic E-state index is -3.38. The zero-order valence-electron chi connectivity index (χ0n) is 14.8. The molecule has 1 aliphatic rings. The van der Waals surface area contributed by atoms with Crippen LogP contribution in [-0.2, 0) is 26.0 Å². The summed E-state index contributed by atoms with van der Waals surface area (Å²) in [5.74, 6) is -1.48. The molecule has 0 fully saturated rings. The van der Waals surface area contributed by atoms with Crippen LogP contribution in [0.5, 0.6) is 0 Å². The summed E-state index contributed by atoms with van der Waals surface area (Å²) in [6, 6.07) is 5.07. The summed E-state index contributed by atoms with van der Waals surface area (Å²) in [5.41, 5.74) is 1.86. The van der Waals surface area contributed by atoms with Crippen LogP contribution >= 0.6 is 0 Å². The quantitative estimate of drug-likeness (QED) is 0.556. The largest absolute Gasteiger partial charge is 0.342 e. The first-order valence-electron chi connectivity index (χ1n) is 8.17. The predicted molar refractivity (Wildman–Crippen MR) is 96.3 cm³/mol. The Bertz CT molecular complexity index is 761. The third-order valence-corrected chi connectivity index (χ3v) is 5.12. The van der Waals surface area contributed by atoms with Gasteiger partial charge in [0.1, 0.15) is 0 Å². The van der Waals surface area contributed by atoms with Gasteiger partial charge in [-0.05, 0) is 30.5 Å². The Kier molecular flexibility index (Phi) is 6.02. The van der Waals surface area contributed by atoms with Gasteiger partial charge in [0.25, 0.3) is 0 Å². The smallest absolute Gasteiger partial charge is 0.313 e. The highest BCUT2D eigenvalue weighted by atomic mass is 32.2. The fourth-order valence-corrected chi connectivity index (χ4v) is 3.65. The third-order valence-electron chi connectivity index (χ3n) is 3.94. The van der Waals surface area contributed by atoms with Gasteiger partial charge in [-0.15, -0.1) is 0 Å². The van der Waals surface area contributed by atoms with Gasteiger partial charge in [0, 0.05) is 12.2 Å². The molecule has 0 spiro atoms. The molecule has 3 N–H and O–H groups in total. The maximum atomic E-state index is 12.0. The van der Waals surface area contributed by atoms with E-state index in [9.17, 15) is 18.0 Å². The van der Waals surface area contributed by atoms with Gasteiger partial charge in [0.15, 0.2) is 0 Å². The van der Waals surface area contributed by atoms with E-state index in [0.29, 0.717) is 31.0 Å². The van der Waals surface area contributed by atoms with Gasteiger partial charge >= 0.3 is 11.8 Å². The lowest BCUT2D eigenvalue weighted by Gasteiger charge is -2.29. The molecule has 1 aromatic rings. The molecule has 0 unspecified atom stereocenters. The molecule has 25 heavy (non-hydrogen) atoms. The van der Waals surface area contributed by atoms with E-state index in [0.717, 1.165) is 29.6 Å². The predicted octanol–water partition coefficient (Wildman–Crippen LogP) is -1.40. The molecular formula is C16H25N4O4S+. The number of benzene rings is 1.